The molecule has 1 aromatic rings. The highest BCUT2D eigenvalue weighted by atomic mass is 15.2. The molecule has 1 N–H and O–H groups in total. The SMILES string of the molecule is CC(C)c1cnc(N(C)CCC2CCCN2)nc1. The first-order valence-corrected chi connectivity index (χ1v) is 6.93. The van der Waals surface area contributed by atoms with Crippen molar-refractivity contribution in [3.8, 4) is 0 Å². The maximum absolute atomic E-state index is 4.44. The van der Waals surface area contributed by atoms with Crippen LogP contribution in [0.5, 0.6) is 0 Å². The van der Waals surface area contributed by atoms with Gasteiger partial charge >= 0.3 is 0 Å². The Morgan fingerprint density at radius 1 is 1.39 bits per heavy atom. The van der Waals surface area contributed by atoms with E-state index in [-0.39, 0.29) is 0 Å². The molecule has 1 aliphatic heterocycles. The summed E-state index contributed by atoms with van der Waals surface area (Å²) in [5.41, 5.74) is 1.20. The Kier molecular flexibility index (Phi) is 4.53. The van der Waals surface area contributed by atoms with E-state index in [1.807, 2.05) is 12.4 Å². The van der Waals surface area contributed by atoms with Gasteiger partial charge in [-0.05, 0) is 37.3 Å². The minimum atomic E-state index is 0.493. The summed E-state index contributed by atoms with van der Waals surface area (Å²) in [5, 5.41) is 3.52. The topological polar surface area (TPSA) is 41.1 Å². The summed E-state index contributed by atoms with van der Waals surface area (Å²) in [4.78, 5) is 11.0. The van der Waals surface area contributed by atoms with E-state index in [0.29, 0.717) is 12.0 Å². The van der Waals surface area contributed by atoms with Gasteiger partial charge in [-0.3, -0.25) is 0 Å². The summed E-state index contributed by atoms with van der Waals surface area (Å²) in [6, 6.07) is 0.683. The van der Waals surface area contributed by atoms with E-state index in [1.54, 1.807) is 0 Å². The third-order valence-corrected chi connectivity index (χ3v) is 3.64. The van der Waals surface area contributed by atoms with Crippen LogP contribution in [0.1, 0.15) is 44.6 Å². The molecule has 1 unspecified atom stereocenters. The molecule has 0 saturated carbocycles. The Balaban J connectivity index is 1.85. The zero-order valence-electron chi connectivity index (χ0n) is 11.7. The molecule has 0 aromatic carbocycles. The van der Waals surface area contributed by atoms with E-state index in [2.05, 4.69) is 41.1 Å². The van der Waals surface area contributed by atoms with Crippen molar-refractivity contribution in [3.63, 3.8) is 0 Å². The zero-order chi connectivity index (χ0) is 13.0. The minimum absolute atomic E-state index is 0.493. The molecule has 1 saturated heterocycles. The Bertz CT molecular complexity index is 355. The van der Waals surface area contributed by atoms with Crippen molar-refractivity contribution in [1.29, 1.82) is 0 Å². The number of aromatic nitrogens is 2. The van der Waals surface area contributed by atoms with Crippen LogP contribution in [0.2, 0.25) is 0 Å². The summed E-state index contributed by atoms with van der Waals surface area (Å²) in [7, 11) is 2.07. The maximum atomic E-state index is 4.44. The highest BCUT2D eigenvalue weighted by Crippen LogP contribution is 2.15. The molecule has 18 heavy (non-hydrogen) atoms. The third kappa shape index (κ3) is 3.42. The first-order valence-electron chi connectivity index (χ1n) is 6.93. The van der Waals surface area contributed by atoms with Crippen LogP contribution in [-0.2, 0) is 0 Å². The van der Waals surface area contributed by atoms with Gasteiger partial charge < -0.3 is 10.2 Å². The lowest BCUT2D eigenvalue weighted by atomic mass is 10.1. The van der Waals surface area contributed by atoms with Crippen molar-refractivity contribution in [1.82, 2.24) is 15.3 Å². The quantitative estimate of drug-likeness (QED) is 0.867. The van der Waals surface area contributed by atoms with E-state index in [1.165, 1.54) is 31.4 Å². The second-order valence-electron chi connectivity index (χ2n) is 5.47. The maximum Gasteiger partial charge on any atom is 0.224 e. The Morgan fingerprint density at radius 3 is 2.67 bits per heavy atom. The van der Waals surface area contributed by atoms with Crippen LogP contribution >= 0.6 is 0 Å². The van der Waals surface area contributed by atoms with Gasteiger partial charge in [-0.25, -0.2) is 9.97 Å². The van der Waals surface area contributed by atoms with Crippen molar-refractivity contribution in [2.45, 2.75) is 45.1 Å². The highest BCUT2D eigenvalue weighted by Gasteiger charge is 2.15. The molecule has 1 fully saturated rings. The Hall–Kier alpha value is -1.16. The summed E-state index contributed by atoms with van der Waals surface area (Å²) in [5.74, 6) is 1.32. The zero-order valence-corrected chi connectivity index (χ0v) is 11.7. The Morgan fingerprint density at radius 2 is 2.11 bits per heavy atom. The molecule has 100 valence electrons. The van der Waals surface area contributed by atoms with Crippen LogP contribution in [-0.4, -0.2) is 36.1 Å². The van der Waals surface area contributed by atoms with Gasteiger partial charge in [0.2, 0.25) is 5.95 Å². The summed E-state index contributed by atoms with van der Waals surface area (Å²) < 4.78 is 0. The summed E-state index contributed by atoms with van der Waals surface area (Å²) in [6.07, 6.45) is 7.68. The van der Waals surface area contributed by atoms with Crippen molar-refractivity contribution in [2.24, 2.45) is 0 Å². The van der Waals surface area contributed by atoms with Gasteiger partial charge in [-0.15, -0.1) is 0 Å². The average Bonchev–Trinajstić information content (AvgIpc) is 2.89. The molecule has 2 rings (SSSR count). The lowest BCUT2D eigenvalue weighted by molar-refractivity contribution is 0.556. The van der Waals surface area contributed by atoms with Crippen molar-refractivity contribution in [2.75, 3.05) is 25.0 Å². The number of nitrogens with zero attached hydrogens (tertiary/aromatic N) is 3. The number of hydrogen-bond donors (Lipinski definition) is 1. The predicted molar refractivity (Wildman–Crippen MR) is 75.0 cm³/mol. The minimum Gasteiger partial charge on any atom is -0.344 e. The normalized spacial score (nSPS) is 19.4. The highest BCUT2D eigenvalue weighted by molar-refractivity contribution is 5.28. The van der Waals surface area contributed by atoms with Gasteiger partial charge in [0.05, 0.1) is 0 Å². The second-order valence-corrected chi connectivity index (χ2v) is 5.47. The van der Waals surface area contributed by atoms with Crippen LogP contribution in [0.3, 0.4) is 0 Å². The molecule has 0 radical (unpaired) electrons. The molecule has 4 heteroatoms. The molecule has 0 spiro atoms. The van der Waals surface area contributed by atoms with Crippen molar-refractivity contribution in [3.05, 3.63) is 18.0 Å². The van der Waals surface area contributed by atoms with Gasteiger partial charge in [-0.2, -0.15) is 0 Å². The van der Waals surface area contributed by atoms with Gasteiger partial charge in [0.15, 0.2) is 0 Å². The monoisotopic (exact) mass is 248 g/mol. The molecule has 1 aliphatic rings. The lowest BCUT2D eigenvalue weighted by Crippen LogP contribution is -2.29. The molecule has 2 heterocycles. The fourth-order valence-electron chi connectivity index (χ4n) is 2.28. The van der Waals surface area contributed by atoms with Crippen LogP contribution in [0.15, 0.2) is 12.4 Å². The fraction of sp³-hybridized carbons (Fsp3) is 0.714. The van der Waals surface area contributed by atoms with E-state index >= 15 is 0 Å². The molecular weight excluding hydrogens is 224 g/mol. The number of hydrogen-bond acceptors (Lipinski definition) is 4. The summed E-state index contributed by atoms with van der Waals surface area (Å²) in [6.45, 7) is 6.51. The largest absolute Gasteiger partial charge is 0.344 e. The van der Waals surface area contributed by atoms with E-state index < -0.39 is 0 Å². The number of nitrogens with one attached hydrogen (secondary N) is 1. The fourth-order valence-corrected chi connectivity index (χ4v) is 2.28. The van der Waals surface area contributed by atoms with Gasteiger partial charge in [0.1, 0.15) is 0 Å². The van der Waals surface area contributed by atoms with Crippen molar-refractivity contribution < 1.29 is 0 Å². The second kappa shape index (κ2) is 6.14. The Labute approximate surface area is 110 Å². The number of rotatable bonds is 5. The van der Waals surface area contributed by atoms with Crippen LogP contribution < -0.4 is 10.2 Å². The average molecular weight is 248 g/mol. The summed E-state index contributed by atoms with van der Waals surface area (Å²) >= 11 is 0. The first-order chi connectivity index (χ1) is 8.66. The molecule has 0 bridgehead atoms. The van der Waals surface area contributed by atoms with Gasteiger partial charge in [0.25, 0.3) is 0 Å². The van der Waals surface area contributed by atoms with E-state index in [4.69, 9.17) is 0 Å². The van der Waals surface area contributed by atoms with Gasteiger partial charge in [-0.1, -0.05) is 13.8 Å². The molecular formula is C14H24N4. The first kappa shape index (κ1) is 13.3. The standard InChI is InChI=1S/C14H24N4/c1-11(2)12-9-16-14(17-10-12)18(3)8-6-13-5-4-7-15-13/h9-11,13,15H,4-8H2,1-3H3. The van der Waals surface area contributed by atoms with Crippen LogP contribution in [0, 0.1) is 0 Å². The van der Waals surface area contributed by atoms with E-state index in [0.717, 1.165) is 12.5 Å². The predicted octanol–water partition coefficient (Wildman–Crippen LogP) is 2.18. The molecule has 4 nitrogen and oxygen atoms in total. The van der Waals surface area contributed by atoms with Gasteiger partial charge in [0, 0.05) is 32.0 Å². The molecule has 0 aliphatic carbocycles. The van der Waals surface area contributed by atoms with Crippen LogP contribution in [0.4, 0.5) is 5.95 Å². The third-order valence-electron chi connectivity index (χ3n) is 3.64. The smallest absolute Gasteiger partial charge is 0.224 e. The van der Waals surface area contributed by atoms with Crippen molar-refractivity contribution >= 4 is 5.95 Å². The van der Waals surface area contributed by atoms with E-state index in [9.17, 15) is 0 Å². The number of anilines is 1. The van der Waals surface area contributed by atoms with Crippen LogP contribution in [0.25, 0.3) is 0 Å². The molecule has 1 aromatic heterocycles. The lowest BCUT2D eigenvalue weighted by Gasteiger charge is -2.19. The molecule has 1 atom stereocenters. The molecule has 0 amide bonds.